The van der Waals surface area contributed by atoms with Crippen LogP contribution in [-0.4, -0.2) is 19.2 Å². The van der Waals surface area contributed by atoms with Crippen LogP contribution in [0.3, 0.4) is 0 Å². The first-order chi connectivity index (χ1) is 10.6. The van der Waals surface area contributed by atoms with E-state index in [1.165, 1.54) is 0 Å². The Morgan fingerprint density at radius 3 is 2.36 bits per heavy atom. The average molecular weight is 296 g/mol. The standard InChI is InChI=1S/C19H20O3/c1-13(16-7-9-18(22-3)10-8-16)14(2)19(21)17-6-4-5-15(11-17)12-20/h4-14H,1-3H3. The zero-order valence-corrected chi connectivity index (χ0v) is 13.1. The molecular formula is C19H20O3. The minimum absolute atomic E-state index is 0.0482. The monoisotopic (exact) mass is 296 g/mol. The number of ketones is 1. The average Bonchev–Trinajstić information content (AvgIpc) is 2.59. The highest BCUT2D eigenvalue weighted by molar-refractivity contribution is 5.99. The summed E-state index contributed by atoms with van der Waals surface area (Å²) in [6.07, 6.45) is 0.758. The fraction of sp³-hybridized carbons (Fsp3) is 0.263. The molecule has 2 atom stereocenters. The Morgan fingerprint density at radius 1 is 1.09 bits per heavy atom. The highest BCUT2D eigenvalue weighted by Gasteiger charge is 2.23. The van der Waals surface area contributed by atoms with Gasteiger partial charge < -0.3 is 4.74 Å². The highest BCUT2D eigenvalue weighted by Crippen LogP contribution is 2.28. The second kappa shape index (κ2) is 7.03. The van der Waals surface area contributed by atoms with E-state index in [-0.39, 0.29) is 17.6 Å². The van der Waals surface area contributed by atoms with E-state index in [2.05, 4.69) is 0 Å². The SMILES string of the molecule is COc1ccc(C(C)C(C)C(=O)c2cccc(C=O)c2)cc1. The lowest BCUT2D eigenvalue weighted by molar-refractivity contribution is 0.0915. The van der Waals surface area contributed by atoms with Gasteiger partial charge in [-0.3, -0.25) is 9.59 Å². The van der Waals surface area contributed by atoms with Crippen molar-refractivity contribution in [1.82, 2.24) is 0 Å². The van der Waals surface area contributed by atoms with Gasteiger partial charge >= 0.3 is 0 Å². The van der Waals surface area contributed by atoms with E-state index in [4.69, 9.17) is 4.74 Å². The molecule has 2 unspecified atom stereocenters. The van der Waals surface area contributed by atoms with E-state index < -0.39 is 0 Å². The molecule has 0 aromatic heterocycles. The number of hydrogen-bond acceptors (Lipinski definition) is 3. The molecule has 0 bridgehead atoms. The van der Waals surface area contributed by atoms with E-state index in [1.807, 2.05) is 38.1 Å². The lowest BCUT2D eigenvalue weighted by Crippen LogP contribution is -2.18. The molecule has 2 aromatic rings. The molecule has 0 aliphatic rings. The molecule has 0 radical (unpaired) electrons. The van der Waals surface area contributed by atoms with Gasteiger partial charge in [0.15, 0.2) is 5.78 Å². The second-order valence-corrected chi connectivity index (χ2v) is 5.46. The van der Waals surface area contributed by atoms with Crippen molar-refractivity contribution in [3.8, 4) is 5.75 Å². The van der Waals surface area contributed by atoms with Crippen molar-refractivity contribution in [1.29, 1.82) is 0 Å². The maximum absolute atomic E-state index is 12.6. The minimum atomic E-state index is -0.171. The number of methoxy groups -OCH3 is 1. The van der Waals surface area contributed by atoms with Crippen LogP contribution in [-0.2, 0) is 0 Å². The summed E-state index contributed by atoms with van der Waals surface area (Å²) in [4.78, 5) is 23.5. The van der Waals surface area contributed by atoms with Gasteiger partial charge in [0.05, 0.1) is 7.11 Å². The summed E-state index contributed by atoms with van der Waals surface area (Å²) in [6.45, 7) is 3.96. The minimum Gasteiger partial charge on any atom is -0.497 e. The number of carbonyl (C=O) groups excluding carboxylic acids is 2. The third-order valence-electron chi connectivity index (χ3n) is 4.11. The number of ether oxygens (including phenoxy) is 1. The molecule has 3 heteroatoms. The fourth-order valence-corrected chi connectivity index (χ4v) is 2.45. The third kappa shape index (κ3) is 3.42. The van der Waals surface area contributed by atoms with Crippen LogP contribution in [0.5, 0.6) is 5.75 Å². The summed E-state index contributed by atoms with van der Waals surface area (Å²) in [6, 6.07) is 14.6. The number of benzene rings is 2. The van der Waals surface area contributed by atoms with Crippen LogP contribution in [0.4, 0.5) is 0 Å². The Hall–Kier alpha value is -2.42. The molecule has 0 saturated carbocycles. The number of Topliss-reactive ketones (excluding diaryl/α,β-unsaturated/α-hetero) is 1. The van der Waals surface area contributed by atoms with Gasteiger partial charge in [0.1, 0.15) is 12.0 Å². The maximum Gasteiger partial charge on any atom is 0.166 e. The lowest BCUT2D eigenvalue weighted by Gasteiger charge is -2.19. The van der Waals surface area contributed by atoms with E-state index in [1.54, 1.807) is 31.4 Å². The van der Waals surface area contributed by atoms with Gasteiger partial charge in [-0.25, -0.2) is 0 Å². The lowest BCUT2D eigenvalue weighted by atomic mass is 9.83. The van der Waals surface area contributed by atoms with E-state index in [9.17, 15) is 9.59 Å². The van der Waals surface area contributed by atoms with Crippen LogP contribution in [0.25, 0.3) is 0 Å². The molecule has 0 amide bonds. The number of aldehydes is 1. The van der Waals surface area contributed by atoms with Gasteiger partial charge in [-0.15, -0.1) is 0 Å². The molecule has 22 heavy (non-hydrogen) atoms. The van der Waals surface area contributed by atoms with Gasteiger partial charge in [-0.05, 0) is 29.7 Å². The summed E-state index contributed by atoms with van der Waals surface area (Å²) < 4.78 is 5.15. The first-order valence-electron chi connectivity index (χ1n) is 7.30. The maximum atomic E-state index is 12.6. The molecule has 2 aromatic carbocycles. The van der Waals surface area contributed by atoms with Crippen molar-refractivity contribution in [2.75, 3.05) is 7.11 Å². The number of rotatable bonds is 6. The first kappa shape index (κ1) is 16.0. The number of carbonyl (C=O) groups is 2. The van der Waals surface area contributed by atoms with Gasteiger partial charge in [0, 0.05) is 17.0 Å². The van der Waals surface area contributed by atoms with Crippen LogP contribution in [0, 0.1) is 5.92 Å². The zero-order chi connectivity index (χ0) is 16.1. The summed E-state index contributed by atoms with van der Waals surface area (Å²) >= 11 is 0. The number of hydrogen-bond donors (Lipinski definition) is 0. The molecule has 2 rings (SSSR count). The quantitative estimate of drug-likeness (QED) is 0.594. The predicted molar refractivity (Wildman–Crippen MR) is 86.7 cm³/mol. The van der Waals surface area contributed by atoms with E-state index >= 15 is 0 Å². The summed E-state index contributed by atoms with van der Waals surface area (Å²) in [5, 5.41) is 0. The Kier molecular flexibility index (Phi) is 5.10. The Morgan fingerprint density at radius 2 is 1.77 bits per heavy atom. The largest absolute Gasteiger partial charge is 0.497 e. The summed E-state index contributed by atoms with van der Waals surface area (Å²) in [5.41, 5.74) is 2.20. The van der Waals surface area contributed by atoms with Crippen molar-refractivity contribution in [3.63, 3.8) is 0 Å². The van der Waals surface area contributed by atoms with Crippen LogP contribution in [0.15, 0.2) is 48.5 Å². The summed E-state index contributed by atoms with van der Waals surface area (Å²) in [5.74, 6) is 0.759. The van der Waals surface area contributed by atoms with Crippen molar-refractivity contribution < 1.29 is 14.3 Å². The van der Waals surface area contributed by atoms with E-state index in [0.717, 1.165) is 17.6 Å². The molecule has 0 fully saturated rings. The smallest absolute Gasteiger partial charge is 0.166 e. The Bertz CT molecular complexity index is 659. The predicted octanol–water partition coefficient (Wildman–Crippen LogP) is 4.13. The zero-order valence-electron chi connectivity index (χ0n) is 13.1. The molecule has 0 heterocycles. The molecule has 0 saturated heterocycles. The summed E-state index contributed by atoms with van der Waals surface area (Å²) in [7, 11) is 1.63. The van der Waals surface area contributed by atoms with Gasteiger partial charge in [0.2, 0.25) is 0 Å². The molecule has 0 aliphatic heterocycles. The first-order valence-corrected chi connectivity index (χ1v) is 7.30. The molecule has 0 N–H and O–H groups in total. The van der Waals surface area contributed by atoms with Crippen LogP contribution in [0.1, 0.15) is 46.0 Å². The van der Waals surface area contributed by atoms with Crippen molar-refractivity contribution in [2.45, 2.75) is 19.8 Å². The second-order valence-electron chi connectivity index (χ2n) is 5.46. The molecule has 3 nitrogen and oxygen atoms in total. The topological polar surface area (TPSA) is 43.4 Å². The third-order valence-corrected chi connectivity index (χ3v) is 4.11. The molecule has 0 spiro atoms. The Labute approximate surface area is 130 Å². The fourth-order valence-electron chi connectivity index (χ4n) is 2.45. The van der Waals surface area contributed by atoms with Crippen LogP contribution < -0.4 is 4.74 Å². The van der Waals surface area contributed by atoms with E-state index in [0.29, 0.717) is 11.1 Å². The molecule has 0 aliphatic carbocycles. The van der Waals surface area contributed by atoms with Gasteiger partial charge in [-0.2, -0.15) is 0 Å². The molecular weight excluding hydrogens is 276 g/mol. The normalized spacial score (nSPS) is 13.2. The van der Waals surface area contributed by atoms with Crippen molar-refractivity contribution >= 4 is 12.1 Å². The highest BCUT2D eigenvalue weighted by atomic mass is 16.5. The van der Waals surface area contributed by atoms with Crippen LogP contribution >= 0.6 is 0 Å². The van der Waals surface area contributed by atoms with Gasteiger partial charge in [-0.1, -0.05) is 44.2 Å². The van der Waals surface area contributed by atoms with Crippen molar-refractivity contribution in [2.24, 2.45) is 5.92 Å². The Balaban J connectivity index is 2.19. The van der Waals surface area contributed by atoms with Crippen molar-refractivity contribution in [3.05, 3.63) is 65.2 Å². The molecule has 114 valence electrons. The van der Waals surface area contributed by atoms with Crippen LogP contribution in [0.2, 0.25) is 0 Å². The van der Waals surface area contributed by atoms with Gasteiger partial charge in [0.25, 0.3) is 0 Å².